The number of carboxylic acids is 1. The van der Waals surface area contributed by atoms with Crippen LogP contribution in [-0.4, -0.2) is 78.8 Å². The van der Waals surface area contributed by atoms with Gasteiger partial charge in [-0.25, -0.2) is 9.59 Å². The minimum Gasteiger partial charge on any atom is -0.493 e. The third kappa shape index (κ3) is 9.20. The normalized spacial score (nSPS) is 17.2. The highest BCUT2D eigenvalue weighted by molar-refractivity contribution is 6.38. The molecule has 0 spiro atoms. The van der Waals surface area contributed by atoms with E-state index in [1.807, 2.05) is 25.1 Å². The molecule has 1 heterocycles. The summed E-state index contributed by atoms with van der Waals surface area (Å²) in [6.07, 6.45) is 2.06. The summed E-state index contributed by atoms with van der Waals surface area (Å²) in [6.45, 7) is 11.1. The van der Waals surface area contributed by atoms with Crippen molar-refractivity contribution in [2.45, 2.75) is 97.1 Å². The minimum absolute atomic E-state index is 0.147. The van der Waals surface area contributed by atoms with Crippen molar-refractivity contribution in [3.63, 3.8) is 0 Å². The maximum absolute atomic E-state index is 14.0. The van der Waals surface area contributed by atoms with Crippen LogP contribution in [0.5, 0.6) is 17.2 Å². The Balaban J connectivity index is 2.02. The zero-order valence-electron chi connectivity index (χ0n) is 29.6. The molecule has 3 rings (SSSR count). The molecule has 2 amide bonds. The van der Waals surface area contributed by atoms with E-state index in [1.165, 1.54) is 4.90 Å². The monoisotopic (exact) mass is 668 g/mol. The summed E-state index contributed by atoms with van der Waals surface area (Å²) >= 11 is 0. The summed E-state index contributed by atoms with van der Waals surface area (Å²) in [5, 5.41) is 13.7. The number of hydrogen-bond acceptors (Lipinski definition) is 8. The summed E-state index contributed by atoms with van der Waals surface area (Å²) in [6, 6.07) is 12.7. The van der Waals surface area contributed by atoms with Crippen molar-refractivity contribution in [2.75, 3.05) is 33.9 Å². The van der Waals surface area contributed by atoms with Crippen molar-refractivity contribution < 1.29 is 43.2 Å². The van der Waals surface area contributed by atoms with E-state index in [1.54, 1.807) is 73.1 Å². The number of hydrogen-bond donors (Lipinski definition) is 2. The molecule has 1 unspecified atom stereocenters. The lowest BCUT2D eigenvalue weighted by Crippen LogP contribution is -2.64. The average molecular weight is 669 g/mol. The molecule has 11 heteroatoms. The molecular weight excluding hydrogens is 616 g/mol. The third-order valence-corrected chi connectivity index (χ3v) is 9.03. The average Bonchev–Trinajstić information content (AvgIpc) is 3.05. The maximum Gasteiger partial charge on any atom is 0.407 e. The zero-order chi connectivity index (χ0) is 35.7. The Labute approximate surface area is 284 Å². The molecule has 1 fully saturated rings. The van der Waals surface area contributed by atoms with Crippen LogP contribution in [0.2, 0.25) is 0 Å². The van der Waals surface area contributed by atoms with Crippen molar-refractivity contribution in [1.82, 2.24) is 10.2 Å². The van der Waals surface area contributed by atoms with Crippen LogP contribution in [0.4, 0.5) is 4.79 Å². The van der Waals surface area contributed by atoms with Gasteiger partial charge in [-0.1, -0.05) is 39.0 Å². The standard InChI is InChI=1S/C37H52N2O9/c1-9-36(5,6)31(40)32(41)39-21-11-10-19-37(39,33(42)43)28(17-15-25-16-18-29(45-7)30(23-25)46-8)26-13-12-14-27(24-26)47-22-20-38-34(44)48-35(2,3)4/h12-14,16,18,23-24,28H,9-11,15,17,19-22H2,1-8H3,(H,38,44)(H,42,43)/t28-,37?/m1/s1. The van der Waals surface area contributed by atoms with Crippen LogP contribution in [0.15, 0.2) is 42.5 Å². The number of carbonyl (C=O) groups excluding carboxylic acids is 3. The number of nitrogens with one attached hydrogen (secondary N) is 1. The number of aryl methyl sites for hydroxylation is 1. The van der Waals surface area contributed by atoms with Gasteiger partial charge in [-0.15, -0.1) is 0 Å². The van der Waals surface area contributed by atoms with Gasteiger partial charge in [-0.2, -0.15) is 0 Å². The molecule has 2 N–H and O–H groups in total. The number of aliphatic carboxylic acids is 1. The zero-order valence-corrected chi connectivity index (χ0v) is 29.6. The molecule has 1 aliphatic heterocycles. The SMILES string of the molecule is CCC(C)(C)C(=O)C(=O)N1CCCCC1(C(=O)O)[C@H](CCc1ccc(OC)c(OC)c1)c1cccc(OCCNC(=O)OC(C)(C)C)c1. The van der Waals surface area contributed by atoms with Gasteiger partial charge in [-0.3, -0.25) is 9.59 Å². The number of Topliss-reactive ketones (excluding diaryl/α,β-unsaturated/α-hetero) is 1. The molecule has 1 aliphatic rings. The molecule has 2 aromatic carbocycles. The van der Waals surface area contributed by atoms with E-state index < -0.39 is 46.2 Å². The molecule has 2 aromatic rings. The third-order valence-electron chi connectivity index (χ3n) is 9.03. The summed E-state index contributed by atoms with van der Waals surface area (Å²) in [5.41, 5.74) is -1.68. The molecule has 0 radical (unpaired) electrons. The number of carbonyl (C=O) groups is 4. The van der Waals surface area contributed by atoms with Gasteiger partial charge in [0.05, 0.1) is 20.8 Å². The topological polar surface area (TPSA) is 141 Å². The molecule has 2 atom stereocenters. The van der Waals surface area contributed by atoms with Crippen LogP contribution < -0.4 is 19.5 Å². The molecule has 11 nitrogen and oxygen atoms in total. The number of methoxy groups -OCH3 is 2. The molecule has 1 saturated heterocycles. The number of piperidine rings is 1. The van der Waals surface area contributed by atoms with Crippen LogP contribution in [0.1, 0.15) is 90.7 Å². The van der Waals surface area contributed by atoms with Crippen LogP contribution in [0.25, 0.3) is 0 Å². The van der Waals surface area contributed by atoms with Gasteiger partial charge in [0.25, 0.3) is 5.91 Å². The van der Waals surface area contributed by atoms with Crippen LogP contribution >= 0.6 is 0 Å². The van der Waals surface area contributed by atoms with E-state index in [9.17, 15) is 24.3 Å². The number of carboxylic acid groups (broad SMARTS) is 1. The van der Waals surface area contributed by atoms with Gasteiger partial charge in [0.2, 0.25) is 5.78 Å². The first-order valence-corrected chi connectivity index (χ1v) is 16.6. The summed E-state index contributed by atoms with van der Waals surface area (Å²) < 4.78 is 22.1. The first-order valence-electron chi connectivity index (χ1n) is 16.6. The molecule has 0 saturated carbocycles. The Morgan fingerprint density at radius 3 is 2.31 bits per heavy atom. The molecule has 0 aromatic heterocycles. The van der Waals surface area contributed by atoms with E-state index in [2.05, 4.69) is 5.32 Å². The number of ether oxygens (including phenoxy) is 4. The second-order valence-electron chi connectivity index (χ2n) is 13.8. The van der Waals surface area contributed by atoms with Crippen molar-refractivity contribution in [3.05, 3.63) is 53.6 Å². The lowest BCUT2D eigenvalue weighted by atomic mass is 9.69. The fourth-order valence-electron chi connectivity index (χ4n) is 6.07. The predicted octanol–water partition coefficient (Wildman–Crippen LogP) is 6.16. The van der Waals surface area contributed by atoms with Gasteiger partial charge < -0.3 is 34.3 Å². The highest BCUT2D eigenvalue weighted by Crippen LogP contribution is 2.45. The second kappa shape index (κ2) is 16.2. The summed E-state index contributed by atoms with van der Waals surface area (Å²) in [5.74, 6) is -1.60. The highest BCUT2D eigenvalue weighted by atomic mass is 16.6. The fraction of sp³-hybridized carbons (Fsp3) is 0.568. The molecular formula is C37H52N2O9. The number of alkyl carbamates (subject to hydrolysis) is 1. The maximum atomic E-state index is 14.0. The van der Waals surface area contributed by atoms with Crippen LogP contribution in [0, 0.1) is 5.41 Å². The summed E-state index contributed by atoms with van der Waals surface area (Å²) in [4.78, 5) is 54.5. The first-order chi connectivity index (χ1) is 22.6. The van der Waals surface area contributed by atoms with E-state index >= 15 is 0 Å². The van der Waals surface area contributed by atoms with Crippen molar-refractivity contribution in [1.29, 1.82) is 0 Å². The first kappa shape index (κ1) is 38.2. The Morgan fingerprint density at radius 1 is 0.979 bits per heavy atom. The van der Waals surface area contributed by atoms with Crippen molar-refractivity contribution in [2.24, 2.45) is 5.41 Å². The van der Waals surface area contributed by atoms with E-state index in [-0.39, 0.29) is 26.1 Å². The second-order valence-corrected chi connectivity index (χ2v) is 13.8. The minimum atomic E-state index is -1.68. The molecule has 0 aliphatic carbocycles. The molecule has 48 heavy (non-hydrogen) atoms. The van der Waals surface area contributed by atoms with Crippen molar-refractivity contribution >= 4 is 23.8 Å². The lowest BCUT2D eigenvalue weighted by Gasteiger charge is -2.49. The lowest BCUT2D eigenvalue weighted by molar-refractivity contribution is -0.168. The molecule has 264 valence electrons. The number of ketones is 1. The largest absolute Gasteiger partial charge is 0.493 e. The van der Waals surface area contributed by atoms with Gasteiger partial charge in [-0.05, 0) is 94.7 Å². The smallest absolute Gasteiger partial charge is 0.407 e. The van der Waals surface area contributed by atoms with Crippen LogP contribution in [-0.2, 0) is 25.5 Å². The Kier molecular flexibility index (Phi) is 12.9. The van der Waals surface area contributed by atoms with Gasteiger partial charge in [0, 0.05) is 17.9 Å². The predicted molar refractivity (Wildman–Crippen MR) is 182 cm³/mol. The van der Waals surface area contributed by atoms with Crippen molar-refractivity contribution in [3.8, 4) is 17.2 Å². The summed E-state index contributed by atoms with van der Waals surface area (Å²) in [7, 11) is 3.11. The number of amides is 2. The highest BCUT2D eigenvalue weighted by Gasteiger charge is 2.55. The molecule has 0 bridgehead atoms. The Bertz CT molecular complexity index is 1450. The number of rotatable bonds is 15. The Hall–Kier alpha value is -4.28. The van der Waals surface area contributed by atoms with E-state index in [4.69, 9.17) is 18.9 Å². The van der Waals surface area contributed by atoms with Gasteiger partial charge in [0.15, 0.2) is 11.5 Å². The fourth-order valence-corrected chi connectivity index (χ4v) is 6.07. The quantitative estimate of drug-likeness (QED) is 0.169. The van der Waals surface area contributed by atoms with Crippen LogP contribution in [0.3, 0.4) is 0 Å². The number of benzene rings is 2. The Morgan fingerprint density at radius 2 is 1.69 bits per heavy atom. The van der Waals surface area contributed by atoms with Gasteiger partial charge >= 0.3 is 12.1 Å². The number of nitrogens with zero attached hydrogens (tertiary/aromatic N) is 1. The van der Waals surface area contributed by atoms with E-state index in [0.717, 1.165) is 5.56 Å². The van der Waals surface area contributed by atoms with Gasteiger partial charge in [0.1, 0.15) is 23.5 Å². The number of likely N-dealkylation sites (tertiary alicyclic amines) is 1. The van der Waals surface area contributed by atoms with E-state index in [0.29, 0.717) is 54.9 Å².